The topological polar surface area (TPSA) is 71.1 Å². The van der Waals surface area contributed by atoms with Crippen LogP contribution < -0.4 is 10.9 Å². The van der Waals surface area contributed by atoms with E-state index in [1.165, 1.54) is 28.7 Å². The summed E-state index contributed by atoms with van der Waals surface area (Å²) in [6.07, 6.45) is -2.58. The number of thiophene rings is 1. The molecule has 0 saturated carbocycles. The Bertz CT molecular complexity index is 1260. The fourth-order valence-corrected chi connectivity index (χ4v) is 5.52. The molecule has 1 aromatic carbocycles. The molecule has 0 saturated heterocycles. The van der Waals surface area contributed by atoms with Gasteiger partial charge < -0.3 is 5.43 Å². The molecular weight excluding hydrogens is 467 g/mol. The molecule has 4 rings (SSSR count). The van der Waals surface area contributed by atoms with Crippen LogP contribution in [-0.2, 0) is 16.3 Å². The van der Waals surface area contributed by atoms with E-state index in [4.69, 9.17) is 0 Å². The first-order chi connectivity index (χ1) is 14.5. The summed E-state index contributed by atoms with van der Waals surface area (Å²) in [7, 11) is -3.36. The van der Waals surface area contributed by atoms with Gasteiger partial charge in [-0.15, -0.1) is 22.7 Å². The molecular formula is C20H18F3N3O2S3. The zero-order valence-corrected chi connectivity index (χ0v) is 18.9. The van der Waals surface area contributed by atoms with E-state index in [1.54, 1.807) is 42.6 Å². The minimum absolute atomic E-state index is 0.189. The smallest absolute Gasteiger partial charge is 0.319 e. The van der Waals surface area contributed by atoms with Crippen LogP contribution in [0.3, 0.4) is 0 Å². The second-order valence-corrected chi connectivity index (χ2v) is 11.4. The molecule has 0 bridgehead atoms. The van der Waals surface area contributed by atoms with Crippen LogP contribution >= 0.6 is 22.7 Å². The Morgan fingerprint density at radius 1 is 1.16 bits per heavy atom. The summed E-state index contributed by atoms with van der Waals surface area (Å²) in [6.45, 7) is 1.75. The van der Waals surface area contributed by atoms with Crippen LogP contribution in [0.2, 0.25) is 0 Å². The molecule has 164 valence electrons. The van der Waals surface area contributed by atoms with E-state index in [2.05, 4.69) is 15.8 Å². The normalized spacial score (nSPS) is 19.3. The summed E-state index contributed by atoms with van der Waals surface area (Å²) in [5.41, 5.74) is 4.20. The number of rotatable bonds is 5. The van der Waals surface area contributed by atoms with Crippen molar-refractivity contribution < 1.29 is 21.6 Å². The molecule has 31 heavy (non-hydrogen) atoms. The van der Waals surface area contributed by atoms with Gasteiger partial charge in [0.05, 0.1) is 26.2 Å². The highest BCUT2D eigenvalue weighted by Crippen LogP contribution is 2.40. The number of halogens is 3. The van der Waals surface area contributed by atoms with Gasteiger partial charge in [0, 0.05) is 22.9 Å². The Balaban J connectivity index is 1.66. The molecule has 5 nitrogen and oxygen atoms in total. The van der Waals surface area contributed by atoms with Gasteiger partial charge in [0.15, 0.2) is 15.4 Å². The van der Waals surface area contributed by atoms with Crippen molar-refractivity contribution in [2.45, 2.75) is 30.0 Å². The number of alkyl halides is 3. The average Bonchev–Trinajstić information content (AvgIpc) is 3.41. The SMILES string of the molecule is Cc1nc(CC2(C(F)(F)F)C=C(c3ccc(-c4cccc(S(C)(=O)=O)c4)s3)NN2)cs1. The molecule has 0 fully saturated rings. The lowest BCUT2D eigenvalue weighted by Gasteiger charge is -2.29. The molecule has 2 N–H and O–H groups in total. The van der Waals surface area contributed by atoms with Gasteiger partial charge in [-0.1, -0.05) is 12.1 Å². The first-order valence-corrected chi connectivity index (χ1v) is 12.7. The van der Waals surface area contributed by atoms with Crippen molar-refractivity contribution in [2.24, 2.45) is 0 Å². The van der Waals surface area contributed by atoms with Crippen LogP contribution in [0.4, 0.5) is 13.2 Å². The third kappa shape index (κ3) is 4.40. The lowest BCUT2D eigenvalue weighted by Crippen LogP contribution is -2.57. The van der Waals surface area contributed by atoms with Crippen molar-refractivity contribution in [1.82, 2.24) is 15.8 Å². The number of nitrogens with one attached hydrogen (secondary N) is 2. The second kappa shape index (κ2) is 7.73. The van der Waals surface area contributed by atoms with E-state index in [9.17, 15) is 21.6 Å². The maximum atomic E-state index is 14.0. The van der Waals surface area contributed by atoms with Gasteiger partial charge in [-0.2, -0.15) is 13.2 Å². The highest BCUT2D eigenvalue weighted by molar-refractivity contribution is 7.90. The molecule has 1 aliphatic heterocycles. The predicted octanol–water partition coefficient (Wildman–Crippen LogP) is 4.58. The number of nitrogens with zero attached hydrogens (tertiary/aromatic N) is 1. The zero-order valence-electron chi connectivity index (χ0n) is 16.4. The Hall–Kier alpha value is -2.21. The molecule has 2 aromatic heterocycles. The van der Waals surface area contributed by atoms with Crippen molar-refractivity contribution >= 4 is 38.2 Å². The summed E-state index contributed by atoms with van der Waals surface area (Å²) >= 11 is 2.59. The number of hydrogen-bond acceptors (Lipinski definition) is 7. The fraction of sp³-hybridized carbons (Fsp3) is 0.250. The molecule has 3 aromatic rings. The highest BCUT2D eigenvalue weighted by Gasteiger charge is 2.56. The Kier molecular flexibility index (Phi) is 5.49. The number of benzene rings is 1. The lowest BCUT2D eigenvalue weighted by atomic mass is 9.93. The number of aromatic nitrogens is 1. The van der Waals surface area contributed by atoms with Crippen LogP contribution in [0.5, 0.6) is 0 Å². The van der Waals surface area contributed by atoms with Crippen molar-refractivity contribution in [2.75, 3.05) is 6.26 Å². The zero-order chi connectivity index (χ0) is 22.4. The largest absolute Gasteiger partial charge is 0.412 e. The van der Waals surface area contributed by atoms with Gasteiger partial charge in [-0.05, 0) is 42.8 Å². The van der Waals surface area contributed by atoms with Crippen molar-refractivity contribution in [1.29, 1.82) is 0 Å². The van der Waals surface area contributed by atoms with Crippen LogP contribution in [0, 0.1) is 6.92 Å². The van der Waals surface area contributed by atoms with E-state index in [0.717, 1.165) is 17.2 Å². The molecule has 0 radical (unpaired) electrons. The van der Waals surface area contributed by atoms with Gasteiger partial charge in [-0.25, -0.2) is 18.8 Å². The van der Waals surface area contributed by atoms with Crippen LogP contribution in [0.25, 0.3) is 16.1 Å². The summed E-state index contributed by atoms with van der Waals surface area (Å²) in [5.74, 6) is 0. The van der Waals surface area contributed by atoms with E-state index in [-0.39, 0.29) is 11.3 Å². The molecule has 3 heterocycles. The molecule has 1 atom stereocenters. The summed E-state index contributed by atoms with van der Waals surface area (Å²) < 4.78 is 65.6. The monoisotopic (exact) mass is 485 g/mol. The van der Waals surface area contributed by atoms with Crippen LogP contribution in [0.1, 0.15) is 15.6 Å². The second-order valence-electron chi connectivity index (χ2n) is 7.28. The van der Waals surface area contributed by atoms with E-state index in [0.29, 0.717) is 26.8 Å². The van der Waals surface area contributed by atoms with Crippen molar-refractivity contribution in [3.05, 3.63) is 63.4 Å². The minimum Gasteiger partial charge on any atom is -0.319 e. The molecule has 1 unspecified atom stereocenters. The Morgan fingerprint density at radius 3 is 2.55 bits per heavy atom. The molecule has 11 heteroatoms. The predicted molar refractivity (Wildman–Crippen MR) is 116 cm³/mol. The van der Waals surface area contributed by atoms with Gasteiger partial charge in [0.2, 0.25) is 0 Å². The number of hydrogen-bond donors (Lipinski definition) is 2. The van der Waals surface area contributed by atoms with E-state index in [1.807, 2.05) is 0 Å². The maximum Gasteiger partial charge on any atom is 0.412 e. The number of hydrazine groups is 1. The Labute approximate surface area is 185 Å². The molecule has 0 amide bonds. The Morgan fingerprint density at radius 2 is 1.90 bits per heavy atom. The summed E-state index contributed by atoms with van der Waals surface area (Å²) in [6, 6.07) is 9.96. The number of sulfone groups is 1. The van der Waals surface area contributed by atoms with Crippen LogP contribution in [-0.4, -0.2) is 31.4 Å². The standard InChI is InChI=1S/C20H18F3N3O2S3/c1-12-24-14(11-29-12)9-19(20(21,22)23)10-16(25-26-19)18-7-6-17(30-18)13-4-3-5-15(8-13)31(2,27)28/h3-8,10-11,25-26H,9H2,1-2H3. The van der Waals surface area contributed by atoms with E-state index < -0.39 is 21.6 Å². The third-order valence-corrected chi connectivity index (χ3v) is 7.96. The minimum atomic E-state index is -4.54. The number of aryl methyl sites for hydroxylation is 1. The molecule has 0 spiro atoms. The van der Waals surface area contributed by atoms with Crippen molar-refractivity contribution in [3.63, 3.8) is 0 Å². The van der Waals surface area contributed by atoms with E-state index >= 15 is 0 Å². The van der Waals surface area contributed by atoms with Gasteiger partial charge in [-0.3, -0.25) is 0 Å². The maximum absolute atomic E-state index is 14.0. The molecule has 1 aliphatic rings. The summed E-state index contributed by atoms with van der Waals surface area (Å²) in [5, 5.41) is 2.34. The first kappa shape index (κ1) is 22.0. The summed E-state index contributed by atoms with van der Waals surface area (Å²) in [4.78, 5) is 5.72. The first-order valence-electron chi connectivity index (χ1n) is 9.11. The lowest BCUT2D eigenvalue weighted by molar-refractivity contribution is -0.181. The van der Waals surface area contributed by atoms with Gasteiger partial charge in [0.1, 0.15) is 0 Å². The van der Waals surface area contributed by atoms with Crippen molar-refractivity contribution in [3.8, 4) is 10.4 Å². The third-order valence-electron chi connectivity index (χ3n) is 4.86. The molecule has 0 aliphatic carbocycles. The highest BCUT2D eigenvalue weighted by atomic mass is 32.2. The van der Waals surface area contributed by atoms with Gasteiger partial charge >= 0.3 is 6.18 Å². The quantitative estimate of drug-likeness (QED) is 0.554. The van der Waals surface area contributed by atoms with Crippen LogP contribution in [0.15, 0.2) is 52.7 Å². The average molecular weight is 486 g/mol. The van der Waals surface area contributed by atoms with Gasteiger partial charge in [0.25, 0.3) is 0 Å². The fourth-order valence-electron chi connectivity index (χ4n) is 3.27. The number of thiazole rings is 1.